The van der Waals surface area contributed by atoms with Crippen molar-refractivity contribution in [1.29, 1.82) is 0 Å². The largest absolute Gasteiger partial charge is 0.485 e. The summed E-state index contributed by atoms with van der Waals surface area (Å²) in [4.78, 5) is 82.6. The number of hydrogen-bond acceptors (Lipinski definition) is 15. The predicted octanol–water partition coefficient (Wildman–Crippen LogP) is 6.47. The van der Waals surface area contributed by atoms with E-state index in [4.69, 9.17) is 45.6 Å². The van der Waals surface area contributed by atoms with Crippen LogP contribution in [0.2, 0.25) is 0 Å². The van der Waals surface area contributed by atoms with Crippen LogP contribution in [-0.4, -0.2) is 111 Å². The molecule has 0 aliphatic carbocycles. The maximum absolute atomic E-state index is 14.0. The lowest BCUT2D eigenvalue weighted by Gasteiger charge is -2.27. The number of carbonyl (C=O) groups excluding carboxylic acids is 6. The highest BCUT2D eigenvalue weighted by Gasteiger charge is 2.34. The zero-order valence-electron chi connectivity index (χ0n) is 47.5. The zero-order chi connectivity index (χ0) is 59.5. The zero-order valence-corrected chi connectivity index (χ0v) is 48.4. The molecule has 0 bridgehead atoms. The first kappa shape index (κ1) is 63.1. The van der Waals surface area contributed by atoms with Crippen LogP contribution in [0.3, 0.4) is 0 Å². The minimum absolute atomic E-state index is 0. The van der Waals surface area contributed by atoms with Crippen LogP contribution in [0.25, 0.3) is 0 Å². The second-order valence-electron chi connectivity index (χ2n) is 20.9. The minimum Gasteiger partial charge on any atom is -0.485 e. The molecule has 3 unspecified atom stereocenters. The molecule has 0 fully saturated rings. The molecule has 86 heavy (non-hydrogen) atoms. The average molecular weight is 1200 g/mol. The maximum atomic E-state index is 14.0. The monoisotopic (exact) mass is 1200 g/mol. The van der Waals surface area contributed by atoms with Crippen LogP contribution >= 0.6 is 12.4 Å². The summed E-state index contributed by atoms with van der Waals surface area (Å²) in [7, 11) is 0. The van der Waals surface area contributed by atoms with Gasteiger partial charge in [0.1, 0.15) is 37.9 Å². The molecule has 6 amide bonds. The van der Waals surface area contributed by atoms with Crippen molar-refractivity contribution in [3.05, 3.63) is 162 Å². The number of unbranched alkanes of at least 4 members (excludes halogenated alkanes) is 3. The fourth-order valence-electron chi connectivity index (χ4n) is 10.1. The normalized spacial score (nSPS) is 16.7. The number of nitrogens with one attached hydrogen (secondary N) is 6. The van der Waals surface area contributed by atoms with Crippen molar-refractivity contribution >= 4 is 64.9 Å². The Labute approximate surface area is 505 Å². The Morgan fingerprint density at radius 3 is 0.884 bits per heavy atom. The van der Waals surface area contributed by atoms with Gasteiger partial charge in [-0.25, -0.2) is 0 Å². The van der Waals surface area contributed by atoms with Crippen molar-refractivity contribution in [2.75, 3.05) is 55.4 Å². The first-order valence-corrected chi connectivity index (χ1v) is 28.9. The Hall–Kier alpha value is -8.89. The highest BCUT2D eigenvalue weighted by molar-refractivity contribution is 5.99. The minimum atomic E-state index is -0.965. The van der Waals surface area contributed by atoms with E-state index in [-0.39, 0.29) is 32.2 Å². The van der Waals surface area contributed by atoms with Gasteiger partial charge >= 0.3 is 0 Å². The number of ether oxygens (including phenoxy) is 6. The van der Waals surface area contributed by atoms with Gasteiger partial charge in [-0.1, -0.05) is 72.8 Å². The molecule has 0 saturated heterocycles. The molecule has 0 spiro atoms. The van der Waals surface area contributed by atoms with Gasteiger partial charge < -0.3 is 77.5 Å². The number of rotatable bonds is 27. The van der Waals surface area contributed by atoms with Crippen LogP contribution in [0.1, 0.15) is 80.4 Å². The summed E-state index contributed by atoms with van der Waals surface area (Å²) in [5, 5.41) is 17.6. The topological polar surface area (TPSA) is 308 Å². The molecular formula is C64H74ClN9O12. The van der Waals surface area contributed by atoms with Crippen molar-refractivity contribution in [1.82, 2.24) is 16.0 Å². The lowest BCUT2D eigenvalue weighted by atomic mass is 9.85. The van der Waals surface area contributed by atoms with E-state index < -0.39 is 77.8 Å². The maximum Gasteiger partial charge on any atom is 0.265 e. The second-order valence-corrected chi connectivity index (χ2v) is 20.9. The van der Waals surface area contributed by atoms with Crippen molar-refractivity contribution in [3.8, 4) is 34.5 Å². The second kappa shape index (κ2) is 31.3. The quantitative estimate of drug-likeness (QED) is 0.0197. The summed E-state index contributed by atoms with van der Waals surface area (Å²) in [6.45, 7) is 1.22. The fraction of sp³-hybridized carbons (Fsp3) is 0.344. The van der Waals surface area contributed by atoms with E-state index in [2.05, 4.69) is 31.9 Å². The number of nitrogens with two attached hydrogens (primary N) is 3. The molecule has 9 rings (SSSR count). The molecule has 0 radical (unpaired) electrons. The summed E-state index contributed by atoms with van der Waals surface area (Å²) < 4.78 is 35.1. The van der Waals surface area contributed by atoms with Crippen LogP contribution in [0.15, 0.2) is 146 Å². The van der Waals surface area contributed by atoms with E-state index in [9.17, 15) is 28.8 Å². The molecule has 454 valence electrons. The SMILES string of the molecule is Cl.NCCCC[C@@H](NC(=O)C1COc2ccccc2O1)C(=O)Nc1ccc(C(c2ccc(NC(=O)[C@@H](CCCCN)NC(=O)C3COc4ccccc4O3)cc2)c2ccc(NC(=O)[C@@H](CCCCN)NC(=O)C3COc4ccccc4O3)cc2)cc1. The van der Waals surface area contributed by atoms with E-state index in [1.807, 2.05) is 54.6 Å². The van der Waals surface area contributed by atoms with Gasteiger partial charge in [0.05, 0.1) is 0 Å². The van der Waals surface area contributed by atoms with Crippen LogP contribution in [-0.2, 0) is 28.8 Å². The van der Waals surface area contributed by atoms with E-state index in [1.165, 1.54) is 0 Å². The van der Waals surface area contributed by atoms with Crippen molar-refractivity contribution in [2.24, 2.45) is 17.2 Å². The Kier molecular flexibility index (Phi) is 23.0. The van der Waals surface area contributed by atoms with Gasteiger partial charge in [0.2, 0.25) is 36.0 Å². The van der Waals surface area contributed by atoms with Crippen LogP contribution in [0.4, 0.5) is 17.1 Å². The Balaban J connectivity index is 0.00000961. The van der Waals surface area contributed by atoms with Crippen molar-refractivity contribution in [2.45, 2.75) is 100 Å². The van der Waals surface area contributed by atoms with Gasteiger partial charge in [0.25, 0.3) is 17.7 Å². The predicted molar refractivity (Wildman–Crippen MR) is 327 cm³/mol. The average Bonchev–Trinajstić information content (AvgIpc) is 3.58. The smallest absolute Gasteiger partial charge is 0.265 e. The van der Waals surface area contributed by atoms with E-state index in [0.29, 0.717) is 129 Å². The summed E-state index contributed by atoms with van der Waals surface area (Å²) in [6, 6.07) is 40.5. The Morgan fingerprint density at radius 2 is 0.628 bits per heavy atom. The molecule has 6 aromatic carbocycles. The summed E-state index contributed by atoms with van der Waals surface area (Å²) in [5.41, 5.74) is 21.3. The first-order chi connectivity index (χ1) is 41.5. The number of carbonyl (C=O) groups is 6. The van der Waals surface area contributed by atoms with Crippen molar-refractivity contribution < 1.29 is 57.2 Å². The van der Waals surface area contributed by atoms with Gasteiger partial charge in [0.15, 0.2) is 34.5 Å². The summed E-state index contributed by atoms with van der Waals surface area (Å²) in [6.07, 6.45) is 1.83. The molecule has 12 N–H and O–H groups in total. The molecule has 3 aliphatic rings. The van der Waals surface area contributed by atoms with E-state index in [0.717, 1.165) is 16.7 Å². The van der Waals surface area contributed by atoms with Crippen LogP contribution in [0, 0.1) is 0 Å². The van der Waals surface area contributed by atoms with E-state index in [1.54, 1.807) is 91.0 Å². The van der Waals surface area contributed by atoms with Crippen molar-refractivity contribution in [3.63, 3.8) is 0 Å². The number of benzene rings is 6. The van der Waals surface area contributed by atoms with Gasteiger partial charge in [-0.15, -0.1) is 12.4 Å². The number of hydrogen-bond donors (Lipinski definition) is 9. The molecule has 6 atom stereocenters. The summed E-state index contributed by atoms with van der Waals surface area (Å²) in [5.74, 6) is -0.253. The first-order valence-electron chi connectivity index (χ1n) is 28.9. The number of amides is 6. The third-order valence-electron chi connectivity index (χ3n) is 14.7. The Morgan fingerprint density at radius 1 is 0.372 bits per heavy atom. The fourth-order valence-corrected chi connectivity index (χ4v) is 10.1. The Bertz CT molecular complexity index is 2910. The molecule has 3 heterocycles. The number of anilines is 3. The molecule has 0 aromatic heterocycles. The van der Waals surface area contributed by atoms with Gasteiger partial charge in [-0.05, 0) is 167 Å². The third kappa shape index (κ3) is 16.9. The lowest BCUT2D eigenvalue weighted by molar-refractivity contribution is -0.133. The highest BCUT2D eigenvalue weighted by atomic mass is 35.5. The molecule has 6 aromatic rings. The summed E-state index contributed by atoms with van der Waals surface area (Å²) >= 11 is 0. The van der Waals surface area contributed by atoms with E-state index >= 15 is 0 Å². The lowest BCUT2D eigenvalue weighted by Crippen LogP contribution is -2.51. The number of fused-ring (bicyclic) bond motifs is 3. The molecule has 0 saturated carbocycles. The number of para-hydroxylation sites is 6. The molecule has 21 nitrogen and oxygen atoms in total. The molecule has 22 heteroatoms. The van der Waals surface area contributed by atoms with Gasteiger partial charge in [-0.2, -0.15) is 0 Å². The number of halogens is 1. The van der Waals surface area contributed by atoms with Crippen LogP contribution < -0.4 is 77.5 Å². The van der Waals surface area contributed by atoms with Gasteiger partial charge in [-0.3, -0.25) is 28.8 Å². The standard InChI is InChI=1S/C64H73N9O12.ClH/c65-34-10-7-13-46(71-62(77)55-37-80-49-16-1-4-19-52(49)83-55)59(74)68-43-28-22-40(23-29-43)58(41-24-30-44(31-25-41)69-60(75)47(14-8-11-35-66)72-63(78)56-38-81-50-17-2-5-20-53(50)84-56)42-26-32-45(33-27-42)70-61(76)48(15-9-12-36-67)73-64(79)57-39-82-51-18-3-6-21-54(51)85-57;/h1-6,16-33,46-48,55-58H,7-15,34-39,65-67H2,(H,68,74)(H,69,75)(H,70,76)(H,71,77)(H,72,78)(H,73,79);1H/t46-,47-,48-,55?,56?,57?,58?;/m1./s1. The molecular weight excluding hydrogens is 1120 g/mol. The molecule has 3 aliphatic heterocycles. The van der Waals surface area contributed by atoms with Gasteiger partial charge in [0, 0.05) is 23.0 Å². The highest BCUT2D eigenvalue weighted by Crippen LogP contribution is 2.36. The third-order valence-corrected chi connectivity index (χ3v) is 14.7. The van der Waals surface area contributed by atoms with Crippen LogP contribution in [0.5, 0.6) is 34.5 Å².